The molecule has 0 fully saturated rings. The largest absolute Gasteiger partial charge is 0.288 e. The number of halogens is 2. The second kappa shape index (κ2) is 4.20. The Hall–Kier alpha value is -1.07. The smallest absolute Gasteiger partial charge is 0.206 e. The Kier molecular flexibility index (Phi) is 2.93. The van der Waals surface area contributed by atoms with Crippen molar-refractivity contribution in [3.05, 3.63) is 50.6 Å². The Bertz CT molecular complexity index is 512. The molecule has 0 saturated heterocycles. The molecular formula is C10H5BrFNOS. The van der Waals surface area contributed by atoms with Gasteiger partial charge in [-0.05, 0) is 28.1 Å². The lowest BCUT2D eigenvalue weighted by atomic mass is 10.1. The monoisotopic (exact) mass is 285 g/mol. The van der Waals surface area contributed by atoms with E-state index in [2.05, 4.69) is 20.9 Å². The van der Waals surface area contributed by atoms with Gasteiger partial charge in [0.25, 0.3) is 0 Å². The number of ketones is 1. The normalized spacial score (nSPS) is 10.3. The van der Waals surface area contributed by atoms with Crippen molar-refractivity contribution in [1.82, 2.24) is 4.98 Å². The molecule has 0 aromatic carbocycles. The predicted octanol–water partition coefficient (Wildman–Crippen LogP) is 3.28. The Morgan fingerprint density at radius 3 is 2.93 bits per heavy atom. The maximum Gasteiger partial charge on any atom is 0.206 e. The van der Waals surface area contributed by atoms with Crippen LogP contribution >= 0.6 is 27.3 Å². The van der Waals surface area contributed by atoms with Crippen molar-refractivity contribution in [3.8, 4) is 0 Å². The fourth-order valence-electron chi connectivity index (χ4n) is 1.12. The number of carbonyl (C=O) groups is 1. The van der Waals surface area contributed by atoms with E-state index in [9.17, 15) is 9.18 Å². The molecule has 0 atom stereocenters. The number of hydrogen-bond acceptors (Lipinski definition) is 3. The van der Waals surface area contributed by atoms with Gasteiger partial charge in [0.15, 0.2) is 5.82 Å². The maximum atomic E-state index is 13.2. The molecule has 5 heteroatoms. The fourth-order valence-corrected chi connectivity index (χ4v) is 2.50. The summed E-state index contributed by atoms with van der Waals surface area (Å²) in [5, 5.41) is 1.78. The van der Waals surface area contributed by atoms with Gasteiger partial charge in [0.2, 0.25) is 5.78 Å². The molecule has 0 aliphatic rings. The van der Waals surface area contributed by atoms with Crippen LogP contribution in [-0.4, -0.2) is 10.8 Å². The summed E-state index contributed by atoms with van der Waals surface area (Å²) < 4.78 is 14.1. The lowest BCUT2D eigenvalue weighted by Gasteiger charge is -1.98. The van der Waals surface area contributed by atoms with Crippen LogP contribution in [-0.2, 0) is 0 Å². The van der Waals surface area contributed by atoms with Gasteiger partial charge >= 0.3 is 0 Å². The van der Waals surface area contributed by atoms with Gasteiger partial charge in [-0.3, -0.25) is 9.78 Å². The molecule has 2 rings (SSSR count). The zero-order valence-electron chi connectivity index (χ0n) is 7.41. The number of pyridine rings is 1. The lowest BCUT2D eigenvalue weighted by Crippen LogP contribution is -2.02. The summed E-state index contributed by atoms with van der Waals surface area (Å²) in [7, 11) is 0. The third-order valence-electron chi connectivity index (χ3n) is 1.81. The van der Waals surface area contributed by atoms with E-state index in [0.717, 1.165) is 10.7 Å². The lowest BCUT2D eigenvalue weighted by molar-refractivity contribution is 0.103. The van der Waals surface area contributed by atoms with Crippen molar-refractivity contribution in [2.24, 2.45) is 0 Å². The maximum absolute atomic E-state index is 13.2. The van der Waals surface area contributed by atoms with E-state index in [4.69, 9.17) is 0 Å². The average Bonchev–Trinajstić information content (AvgIpc) is 2.65. The Morgan fingerprint density at radius 2 is 2.33 bits per heavy atom. The first-order valence-corrected chi connectivity index (χ1v) is 5.74. The second-order valence-electron chi connectivity index (χ2n) is 2.81. The molecule has 2 nitrogen and oxygen atoms in total. The number of rotatable bonds is 2. The Labute approximate surface area is 97.9 Å². The SMILES string of the molecule is O=C(c1cc(Br)cs1)c1ccncc1F. The molecule has 2 aromatic heterocycles. The molecule has 0 aliphatic carbocycles. The molecule has 0 N–H and O–H groups in total. The van der Waals surface area contributed by atoms with E-state index < -0.39 is 5.82 Å². The highest BCUT2D eigenvalue weighted by atomic mass is 79.9. The van der Waals surface area contributed by atoms with E-state index in [1.807, 2.05) is 0 Å². The van der Waals surface area contributed by atoms with Gasteiger partial charge in [-0.15, -0.1) is 11.3 Å². The van der Waals surface area contributed by atoms with Gasteiger partial charge in [-0.1, -0.05) is 0 Å². The molecule has 0 amide bonds. The van der Waals surface area contributed by atoms with E-state index in [1.54, 1.807) is 11.4 Å². The molecule has 0 radical (unpaired) electrons. The quantitative estimate of drug-likeness (QED) is 0.793. The molecule has 0 spiro atoms. The Morgan fingerprint density at radius 1 is 1.53 bits per heavy atom. The van der Waals surface area contributed by atoms with E-state index >= 15 is 0 Å². The van der Waals surface area contributed by atoms with Crippen molar-refractivity contribution < 1.29 is 9.18 Å². The standard InChI is InChI=1S/C10H5BrFNOS/c11-6-3-9(15-5-6)10(14)7-1-2-13-4-8(7)12/h1-5H. The zero-order valence-corrected chi connectivity index (χ0v) is 9.81. The summed E-state index contributed by atoms with van der Waals surface area (Å²) in [6, 6.07) is 3.05. The van der Waals surface area contributed by atoms with Crippen molar-refractivity contribution >= 4 is 33.0 Å². The van der Waals surface area contributed by atoms with Crippen LogP contribution in [0.15, 0.2) is 34.4 Å². The fraction of sp³-hybridized carbons (Fsp3) is 0. The van der Waals surface area contributed by atoms with E-state index in [-0.39, 0.29) is 11.3 Å². The highest BCUT2D eigenvalue weighted by Crippen LogP contribution is 2.23. The van der Waals surface area contributed by atoms with Gasteiger partial charge in [0.1, 0.15) is 0 Å². The second-order valence-corrected chi connectivity index (χ2v) is 4.64. The highest BCUT2D eigenvalue weighted by Gasteiger charge is 2.15. The molecule has 0 unspecified atom stereocenters. The number of carbonyl (C=O) groups excluding carboxylic acids is 1. The molecular weight excluding hydrogens is 281 g/mol. The number of thiophene rings is 1. The number of aromatic nitrogens is 1. The summed E-state index contributed by atoms with van der Waals surface area (Å²) in [6.45, 7) is 0. The summed E-state index contributed by atoms with van der Waals surface area (Å²) >= 11 is 4.52. The van der Waals surface area contributed by atoms with Crippen LogP contribution in [0.4, 0.5) is 4.39 Å². The summed E-state index contributed by atoms with van der Waals surface area (Å²) in [5.41, 5.74) is 0.0550. The van der Waals surface area contributed by atoms with Gasteiger partial charge in [0.05, 0.1) is 16.6 Å². The van der Waals surface area contributed by atoms with E-state index in [0.29, 0.717) is 4.88 Å². The van der Waals surface area contributed by atoms with Crippen molar-refractivity contribution in [1.29, 1.82) is 0 Å². The van der Waals surface area contributed by atoms with Crippen LogP contribution in [0.2, 0.25) is 0 Å². The summed E-state index contributed by atoms with van der Waals surface area (Å²) in [6.07, 6.45) is 2.44. The van der Waals surface area contributed by atoms with Gasteiger partial charge < -0.3 is 0 Å². The van der Waals surface area contributed by atoms with Gasteiger partial charge in [-0.2, -0.15) is 0 Å². The topological polar surface area (TPSA) is 30.0 Å². The van der Waals surface area contributed by atoms with Crippen LogP contribution in [0.1, 0.15) is 15.2 Å². The van der Waals surface area contributed by atoms with E-state index in [1.165, 1.54) is 23.6 Å². The third kappa shape index (κ3) is 2.13. The average molecular weight is 286 g/mol. The first kappa shape index (κ1) is 10.4. The highest BCUT2D eigenvalue weighted by molar-refractivity contribution is 9.10. The van der Waals surface area contributed by atoms with Crippen LogP contribution in [0.5, 0.6) is 0 Å². The first-order valence-electron chi connectivity index (χ1n) is 4.07. The van der Waals surface area contributed by atoms with Crippen LogP contribution in [0.25, 0.3) is 0 Å². The van der Waals surface area contributed by atoms with Gasteiger partial charge in [-0.25, -0.2) is 4.39 Å². The minimum absolute atomic E-state index is 0.0550. The first-order chi connectivity index (χ1) is 7.18. The summed E-state index contributed by atoms with van der Waals surface area (Å²) in [5.74, 6) is -0.905. The minimum atomic E-state index is -0.591. The molecule has 2 heterocycles. The molecule has 15 heavy (non-hydrogen) atoms. The third-order valence-corrected chi connectivity index (χ3v) is 3.50. The molecule has 76 valence electrons. The molecule has 0 bridgehead atoms. The zero-order chi connectivity index (χ0) is 10.8. The van der Waals surface area contributed by atoms with Crippen molar-refractivity contribution in [2.75, 3.05) is 0 Å². The molecule has 2 aromatic rings. The van der Waals surface area contributed by atoms with Gasteiger partial charge in [0, 0.05) is 16.0 Å². The van der Waals surface area contributed by atoms with Crippen LogP contribution < -0.4 is 0 Å². The van der Waals surface area contributed by atoms with Crippen molar-refractivity contribution in [2.45, 2.75) is 0 Å². The molecule has 0 aliphatic heterocycles. The number of nitrogens with zero attached hydrogens (tertiary/aromatic N) is 1. The number of hydrogen-bond donors (Lipinski definition) is 0. The van der Waals surface area contributed by atoms with Crippen LogP contribution in [0.3, 0.4) is 0 Å². The van der Waals surface area contributed by atoms with Crippen LogP contribution in [0, 0.1) is 5.82 Å². The minimum Gasteiger partial charge on any atom is -0.288 e. The summed E-state index contributed by atoms with van der Waals surface area (Å²) in [4.78, 5) is 15.9. The predicted molar refractivity (Wildman–Crippen MR) is 59.6 cm³/mol. The Balaban J connectivity index is 2.41. The van der Waals surface area contributed by atoms with Crippen molar-refractivity contribution in [3.63, 3.8) is 0 Å². The molecule has 0 saturated carbocycles.